The van der Waals surface area contributed by atoms with E-state index in [1.165, 1.54) is 5.56 Å². The summed E-state index contributed by atoms with van der Waals surface area (Å²) in [5.74, 6) is 0. The van der Waals surface area contributed by atoms with Crippen LogP contribution in [0.3, 0.4) is 0 Å². The molecular weight excluding hydrogens is 307 g/mol. The number of hydrogen-bond donors (Lipinski definition) is 0. The third-order valence-electron chi connectivity index (χ3n) is 1.69. The number of halogens is 1. The predicted octanol–water partition coefficient (Wildman–Crippen LogP) is 2.04. The number of benzene rings is 1. The molecule has 0 saturated carbocycles. The van der Waals surface area contributed by atoms with Gasteiger partial charge >= 0.3 is 102 Å². The van der Waals surface area contributed by atoms with Gasteiger partial charge in [0.15, 0.2) is 0 Å². The van der Waals surface area contributed by atoms with Gasteiger partial charge in [-0.15, -0.1) is 0 Å². The molecule has 0 amide bonds. The first-order valence-electron chi connectivity index (χ1n) is 4.23. The molecule has 2 nitrogen and oxygen atoms in total. The predicted molar refractivity (Wildman–Crippen MR) is 64.7 cm³/mol. The Morgan fingerprint density at radius 3 is 2.43 bits per heavy atom. The molecule has 0 fully saturated rings. The van der Waals surface area contributed by atoms with Crippen LogP contribution in [0.4, 0.5) is 0 Å². The van der Waals surface area contributed by atoms with Crippen molar-refractivity contribution in [1.29, 1.82) is 0 Å². The van der Waals surface area contributed by atoms with E-state index in [2.05, 4.69) is 49.1 Å². The molecule has 0 atom stereocenters. The van der Waals surface area contributed by atoms with Crippen LogP contribution in [-0.4, -0.2) is 39.7 Å². The number of hydrogen-bond acceptors (Lipinski definition) is 1. The molecule has 0 bridgehead atoms. The van der Waals surface area contributed by atoms with Crippen molar-refractivity contribution in [3.8, 4) is 0 Å². The number of rotatable bonds is 2. The van der Waals surface area contributed by atoms with E-state index in [0.717, 1.165) is 9.21 Å². The first-order chi connectivity index (χ1) is 6.59. The van der Waals surface area contributed by atoms with E-state index < -0.39 is 0 Å². The van der Waals surface area contributed by atoms with Crippen molar-refractivity contribution in [1.82, 2.24) is 4.90 Å². The molecule has 0 aliphatic carbocycles. The first-order valence-corrected chi connectivity index (χ1v) is 5.88. The summed E-state index contributed by atoms with van der Waals surface area (Å²) in [6.45, 7) is 0.716. The van der Waals surface area contributed by atoms with Gasteiger partial charge in [-0.25, -0.2) is 0 Å². The zero-order valence-electron chi connectivity index (χ0n) is 8.20. The molecule has 4 heteroatoms. The van der Waals surface area contributed by atoms with Crippen LogP contribution in [0.15, 0.2) is 33.7 Å². The molecule has 1 aromatic rings. The first kappa shape index (κ1) is 11.8. The fourth-order valence-electron chi connectivity index (χ4n) is 0.890. The third-order valence-corrected chi connectivity index (χ3v) is 3.26. The van der Waals surface area contributed by atoms with Gasteiger partial charge in [0.1, 0.15) is 0 Å². The standard InChI is InChI=1S/C10H12BrN2Se/c1-13(2)10(14)12-7-8-3-5-9(11)6-4-8/h3-6H,7H2,1-2H3. The quantitative estimate of drug-likeness (QED) is 0.463. The minimum absolute atomic E-state index is 0.716. The van der Waals surface area contributed by atoms with Crippen LogP contribution in [0, 0.1) is 0 Å². The normalized spacial score (nSPS) is 11.5. The van der Waals surface area contributed by atoms with Crippen LogP contribution in [0.1, 0.15) is 5.56 Å². The molecule has 75 valence electrons. The van der Waals surface area contributed by atoms with E-state index in [-0.39, 0.29) is 0 Å². The summed E-state index contributed by atoms with van der Waals surface area (Å²) in [5.41, 5.74) is 1.21. The van der Waals surface area contributed by atoms with Gasteiger partial charge in [-0.2, -0.15) is 0 Å². The second-order valence-electron chi connectivity index (χ2n) is 3.12. The summed E-state index contributed by atoms with van der Waals surface area (Å²) in [6.07, 6.45) is 0. The third kappa shape index (κ3) is 3.82. The van der Waals surface area contributed by atoms with Crippen LogP contribution in [0.2, 0.25) is 0 Å². The van der Waals surface area contributed by atoms with Gasteiger partial charge in [0.2, 0.25) is 0 Å². The number of amidine groups is 1. The molecule has 0 aromatic heterocycles. The van der Waals surface area contributed by atoms with Gasteiger partial charge < -0.3 is 0 Å². The Bertz CT molecular complexity index is 319. The van der Waals surface area contributed by atoms with Crippen LogP contribution in [0.25, 0.3) is 0 Å². The fourth-order valence-corrected chi connectivity index (χ4v) is 1.29. The SMILES string of the molecule is CN(C)C([Se])=NCc1ccc(Br)cc1. The van der Waals surface area contributed by atoms with Crippen molar-refractivity contribution in [2.75, 3.05) is 14.1 Å². The van der Waals surface area contributed by atoms with Crippen molar-refractivity contribution in [2.24, 2.45) is 4.99 Å². The zero-order chi connectivity index (χ0) is 10.6. The molecule has 0 spiro atoms. The number of aliphatic imine (C=N–C) groups is 1. The molecule has 1 aromatic carbocycles. The van der Waals surface area contributed by atoms with Crippen molar-refractivity contribution in [2.45, 2.75) is 6.54 Å². The van der Waals surface area contributed by atoms with Crippen LogP contribution >= 0.6 is 15.9 Å². The van der Waals surface area contributed by atoms with Gasteiger partial charge in [-0.3, -0.25) is 0 Å². The van der Waals surface area contributed by atoms with Gasteiger partial charge in [0.05, 0.1) is 0 Å². The van der Waals surface area contributed by atoms with Gasteiger partial charge in [-0.1, -0.05) is 0 Å². The topological polar surface area (TPSA) is 15.6 Å². The van der Waals surface area contributed by atoms with E-state index >= 15 is 0 Å². The Kier molecular flexibility index (Phi) is 4.66. The molecule has 0 unspecified atom stereocenters. The molecule has 1 rings (SSSR count). The van der Waals surface area contributed by atoms with E-state index in [4.69, 9.17) is 0 Å². The van der Waals surface area contributed by atoms with E-state index in [1.54, 1.807) is 0 Å². The average Bonchev–Trinajstić information content (AvgIpc) is 2.16. The Labute approximate surface area is 101 Å². The van der Waals surface area contributed by atoms with E-state index in [9.17, 15) is 0 Å². The monoisotopic (exact) mass is 319 g/mol. The average molecular weight is 319 g/mol. The second kappa shape index (κ2) is 5.54. The Balaban J connectivity index is 2.62. The second-order valence-corrected chi connectivity index (χ2v) is 4.80. The van der Waals surface area contributed by atoms with Crippen LogP contribution in [0.5, 0.6) is 0 Å². The molecule has 1 radical (unpaired) electrons. The number of nitrogens with zero attached hydrogens (tertiary/aromatic N) is 2. The molecular formula is C10H12BrN2Se. The summed E-state index contributed by atoms with van der Waals surface area (Å²) >= 11 is 6.32. The van der Waals surface area contributed by atoms with Crippen molar-refractivity contribution < 1.29 is 0 Å². The van der Waals surface area contributed by atoms with Crippen molar-refractivity contribution in [3.05, 3.63) is 34.3 Å². The Morgan fingerprint density at radius 1 is 1.36 bits per heavy atom. The van der Waals surface area contributed by atoms with E-state index in [0.29, 0.717) is 6.54 Å². The Morgan fingerprint density at radius 2 is 1.93 bits per heavy atom. The van der Waals surface area contributed by atoms with Crippen LogP contribution < -0.4 is 0 Å². The summed E-state index contributed by atoms with van der Waals surface area (Å²) in [6, 6.07) is 8.19. The maximum absolute atomic E-state index is 4.40. The summed E-state index contributed by atoms with van der Waals surface area (Å²) in [7, 11) is 3.94. The summed E-state index contributed by atoms with van der Waals surface area (Å²) in [4.78, 5) is 6.35. The molecule has 0 N–H and O–H groups in total. The van der Waals surface area contributed by atoms with Crippen LogP contribution in [-0.2, 0) is 6.54 Å². The summed E-state index contributed by atoms with van der Waals surface area (Å²) in [5, 5.41) is 0. The van der Waals surface area contributed by atoms with Gasteiger partial charge in [-0.05, 0) is 0 Å². The summed E-state index contributed by atoms with van der Waals surface area (Å²) < 4.78 is 2.02. The molecule has 0 heterocycles. The maximum atomic E-state index is 4.40. The van der Waals surface area contributed by atoms with E-state index in [1.807, 2.05) is 31.1 Å². The van der Waals surface area contributed by atoms with Gasteiger partial charge in [0.25, 0.3) is 0 Å². The van der Waals surface area contributed by atoms with Crippen molar-refractivity contribution >= 4 is 36.7 Å². The molecule has 0 saturated heterocycles. The molecule has 14 heavy (non-hydrogen) atoms. The minimum atomic E-state index is 0.716. The zero-order valence-corrected chi connectivity index (χ0v) is 11.5. The Hall–Kier alpha value is -0.311. The van der Waals surface area contributed by atoms with Crippen molar-refractivity contribution in [3.63, 3.8) is 0 Å². The van der Waals surface area contributed by atoms with Gasteiger partial charge in [0, 0.05) is 0 Å². The fraction of sp³-hybridized carbons (Fsp3) is 0.300. The molecule has 0 aliphatic rings. The molecule has 0 aliphatic heterocycles.